The lowest BCUT2D eigenvalue weighted by Gasteiger charge is -2.19. The summed E-state index contributed by atoms with van der Waals surface area (Å²) in [6.07, 6.45) is 3.47. The molecule has 3 heterocycles. The number of carbonyl (C=O) groups excluding carboxylic acids is 2. The number of methoxy groups -OCH3 is 1. The standard InChI is InChI=1S/C30H32Cl2N4O4/c1-18-22(9-19-7-6-8-33-29(19)34-18)15-36-16-25(26(35-36)17-40-30(2,3)4)27(37)12-21(13-28(38)39-5)20-10-23(31)14-24(32)11-20/h6-11,14,16,21H,12-13,15,17H2,1-5H3. The normalized spacial score (nSPS) is 12.5. The van der Waals surface area contributed by atoms with Gasteiger partial charge >= 0.3 is 5.97 Å². The van der Waals surface area contributed by atoms with Crippen LogP contribution in [0.25, 0.3) is 11.0 Å². The number of ketones is 1. The Balaban J connectivity index is 1.67. The Hall–Kier alpha value is -3.33. The van der Waals surface area contributed by atoms with Gasteiger partial charge in [0.2, 0.25) is 0 Å². The van der Waals surface area contributed by atoms with Crippen molar-refractivity contribution in [2.45, 2.75) is 65.2 Å². The van der Waals surface area contributed by atoms with E-state index in [-0.39, 0.29) is 25.2 Å². The molecule has 0 saturated heterocycles. The van der Waals surface area contributed by atoms with Crippen molar-refractivity contribution in [3.8, 4) is 0 Å². The monoisotopic (exact) mass is 582 g/mol. The average molecular weight is 584 g/mol. The van der Waals surface area contributed by atoms with Crippen LogP contribution < -0.4 is 0 Å². The van der Waals surface area contributed by atoms with Crippen LogP contribution in [0.4, 0.5) is 0 Å². The number of pyridine rings is 2. The first kappa shape index (κ1) is 29.6. The predicted octanol–water partition coefficient (Wildman–Crippen LogP) is 6.72. The molecule has 210 valence electrons. The van der Waals surface area contributed by atoms with Gasteiger partial charge in [0.05, 0.1) is 43.5 Å². The Morgan fingerprint density at radius 1 is 1.07 bits per heavy atom. The first-order chi connectivity index (χ1) is 18.9. The Kier molecular flexibility index (Phi) is 9.23. The smallest absolute Gasteiger partial charge is 0.306 e. The Morgan fingerprint density at radius 2 is 1.80 bits per heavy atom. The molecule has 10 heteroatoms. The van der Waals surface area contributed by atoms with E-state index in [0.29, 0.717) is 39.1 Å². The molecular formula is C30H32Cl2N4O4. The molecule has 1 atom stereocenters. The van der Waals surface area contributed by atoms with Gasteiger partial charge in [-0.25, -0.2) is 9.97 Å². The molecular weight excluding hydrogens is 551 g/mol. The number of nitrogens with zero attached hydrogens (tertiary/aromatic N) is 4. The van der Waals surface area contributed by atoms with E-state index in [2.05, 4.69) is 9.97 Å². The molecule has 0 aliphatic rings. The molecule has 0 amide bonds. The molecule has 0 spiro atoms. The van der Waals surface area contributed by atoms with E-state index in [1.807, 2.05) is 45.9 Å². The van der Waals surface area contributed by atoms with Crippen molar-refractivity contribution in [3.05, 3.63) is 86.9 Å². The molecule has 0 bridgehead atoms. The molecule has 0 N–H and O–H groups in total. The van der Waals surface area contributed by atoms with Gasteiger partial charge in [-0.15, -0.1) is 0 Å². The summed E-state index contributed by atoms with van der Waals surface area (Å²) in [6.45, 7) is 8.32. The van der Waals surface area contributed by atoms with Gasteiger partial charge in [-0.3, -0.25) is 14.3 Å². The van der Waals surface area contributed by atoms with Gasteiger partial charge in [-0.2, -0.15) is 5.10 Å². The lowest BCUT2D eigenvalue weighted by molar-refractivity contribution is -0.141. The highest BCUT2D eigenvalue weighted by Gasteiger charge is 2.26. The molecule has 40 heavy (non-hydrogen) atoms. The number of fused-ring (bicyclic) bond motifs is 1. The number of Topliss-reactive ketones (excluding diaryl/α,β-unsaturated/α-hetero) is 1. The first-order valence-electron chi connectivity index (χ1n) is 12.9. The lowest BCUT2D eigenvalue weighted by atomic mass is 9.89. The number of benzene rings is 1. The number of rotatable bonds is 10. The number of aromatic nitrogens is 4. The van der Waals surface area contributed by atoms with E-state index in [1.165, 1.54) is 7.11 Å². The molecule has 8 nitrogen and oxygen atoms in total. The summed E-state index contributed by atoms with van der Waals surface area (Å²) < 4.78 is 12.6. The highest BCUT2D eigenvalue weighted by Crippen LogP contribution is 2.31. The Bertz CT molecular complexity index is 1520. The molecule has 0 aliphatic heterocycles. The van der Waals surface area contributed by atoms with Crippen molar-refractivity contribution in [3.63, 3.8) is 0 Å². The minimum absolute atomic E-state index is 0.00311. The summed E-state index contributed by atoms with van der Waals surface area (Å²) in [5.41, 5.74) is 3.68. The zero-order valence-electron chi connectivity index (χ0n) is 23.2. The molecule has 4 aromatic rings. The van der Waals surface area contributed by atoms with Gasteiger partial charge in [-0.1, -0.05) is 23.2 Å². The van der Waals surface area contributed by atoms with Crippen LogP contribution in [0.2, 0.25) is 10.0 Å². The minimum Gasteiger partial charge on any atom is -0.469 e. The van der Waals surface area contributed by atoms with Crippen LogP contribution in [0, 0.1) is 6.92 Å². The summed E-state index contributed by atoms with van der Waals surface area (Å²) in [6, 6.07) is 10.9. The second kappa shape index (κ2) is 12.5. The molecule has 4 rings (SSSR count). The predicted molar refractivity (Wildman–Crippen MR) is 155 cm³/mol. The van der Waals surface area contributed by atoms with E-state index in [1.54, 1.807) is 35.3 Å². The van der Waals surface area contributed by atoms with Crippen LogP contribution in [0.15, 0.2) is 48.8 Å². The summed E-state index contributed by atoms with van der Waals surface area (Å²) in [5.74, 6) is -1.11. The van der Waals surface area contributed by atoms with Crippen LogP contribution in [0.3, 0.4) is 0 Å². The van der Waals surface area contributed by atoms with Gasteiger partial charge in [0.25, 0.3) is 0 Å². The zero-order valence-corrected chi connectivity index (χ0v) is 24.7. The largest absolute Gasteiger partial charge is 0.469 e. The average Bonchev–Trinajstić information content (AvgIpc) is 3.29. The maximum atomic E-state index is 13.8. The molecule has 0 saturated carbocycles. The van der Waals surface area contributed by atoms with Gasteiger partial charge in [0.15, 0.2) is 11.4 Å². The van der Waals surface area contributed by atoms with Crippen molar-refractivity contribution in [2.24, 2.45) is 0 Å². The van der Waals surface area contributed by atoms with Crippen molar-refractivity contribution < 1.29 is 19.1 Å². The molecule has 0 aliphatic carbocycles. The summed E-state index contributed by atoms with van der Waals surface area (Å²) in [5, 5.41) is 6.50. The Labute approximate surface area is 243 Å². The van der Waals surface area contributed by atoms with E-state index in [0.717, 1.165) is 16.6 Å². The van der Waals surface area contributed by atoms with Crippen LogP contribution in [-0.4, -0.2) is 44.2 Å². The number of hydrogen-bond acceptors (Lipinski definition) is 7. The van der Waals surface area contributed by atoms with Crippen LogP contribution >= 0.6 is 23.2 Å². The zero-order chi connectivity index (χ0) is 29.0. The number of hydrogen-bond donors (Lipinski definition) is 0. The van der Waals surface area contributed by atoms with E-state index in [9.17, 15) is 9.59 Å². The van der Waals surface area contributed by atoms with E-state index >= 15 is 0 Å². The number of aryl methyl sites for hydroxylation is 1. The second-order valence-corrected chi connectivity index (χ2v) is 11.6. The number of esters is 1. The fraction of sp³-hybridized carbons (Fsp3) is 0.367. The summed E-state index contributed by atoms with van der Waals surface area (Å²) in [7, 11) is 1.32. The lowest BCUT2D eigenvalue weighted by Crippen LogP contribution is -2.20. The van der Waals surface area contributed by atoms with Crippen molar-refractivity contribution >= 4 is 46.0 Å². The van der Waals surface area contributed by atoms with E-state index in [4.69, 9.17) is 37.8 Å². The maximum absolute atomic E-state index is 13.8. The van der Waals surface area contributed by atoms with E-state index < -0.39 is 17.5 Å². The van der Waals surface area contributed by atoms with Crippen LogP contribution in [0.1, 0.15) is 72.4 Å². The number of halogens is 2. The molecule has 1 aromatic carbocycles. The van der Waals surface area contributed by atoms with Crippen LogP contribution in [0.5, 0.6) is 0 Å². The number of ether oxygens (including phenoxy) is 2. The third-order valence-corrected chi connectivity index (χ3v) is 6.86. The topological polar surface area (TPSA) is 96.2 Å². The minimum atomic E-state index is -0.490. The molecule has 0 fully saturated rings. The van der Waals surface area contributed by atoms with Crippen LogP contribution in [-0.2, 0) is 27.4 Å². The molecule has 1 unspecified atom stereocenters. The van der Waals surface area contributed by atoms with Gasteiger partial charge in [-0.05, 0) is 75.2 Å². The Morgan fingerprint density at radius 3 is 2.48 bits per heavy atom. The van der Waals surface area contributed by atoms with Gasteiger partial charge in [0.1, 0.15) is 0 Å². The molecule has 3 aromatic heterocycles. The highest BCUT2D eigenvalue weighted by atomic mass is 35.5. The highest BCUT2D eigenvalue weighted by molar-refractivity contribution is 6.34. The fourth-order valence-corrected chi connectivity index (χ4v) is 4.92. The maximum Gasteiger partial charge on any atom is 0.306 e. The summed E-state index contributed by atoms with van der Waals surface area (Å²) in [4.78, 5) is 35.0. The number of carbonyl (C=O) groups is 2. The fourth-order valence-electron chi connectivity index (χ4n) is 4.38. The third kappa shape index (κ3) is 7.65. The van der Waals surface area contributed by atoms with Gasteiger partial charge in [0, 0.05) is 45.9 Å². The first-order valence-corrected chi connectivity index (χ1v) is 13.6. The SMILES string of the molecule is COC(=O)CC(CC(=O)c1cn(Cc2cc3cccnc3nc2C)nc1COC(C)(C)C)c1cc(Cl)cc(Cl)c1. The van der Waals surface area contributed by atoms with Crippen molar-refractivity contribution in [1.29, 1.82) is 0 Å². The quantitative estimate of drug-likeness (QED) is 0.151. The van der Waals surface area contributed by atoms with Crippen molar-refractivity contribution in [1.82, 2.24) is 19.7 Å². The summed E-state index contributed by atoms with van der Waals surface area (Å²) >= 11 is 12.5. The third-order valence-electron chi connectivity index (χ3n) is 6.43. The van der Waals surface area contributed by atoms with Crippen molar-refractivity contribution in [2.75, 3.05) is 7.11 Å². The second-order valence-electron chi connectivity index (χ2n) is 10.7. The molecule has 0 radical (unpaired) electrons. The van der Waals surface area contributed by atoms with Gasteiger partial charge < -0.3 is 9.47 Å².